The van der Waals surface area contributed by atoms with Gasteiger partial charge in [-0.15, -0.1) is 0 Å². The van der Waals surface area contributed by atoms with Crippen molar-refractivity contribution < 1.29 is 18.0 Å². The SMILES string of the molecule is CN(CCNC(=O)CC1(C(F)(F)F)Nc2ccccc2N1)C1CCCCC1. The van der Waals surface area contributed by atoms with Gasteiger partial charge in [0.15, 0.2) is 0 Å². The number of amides is 1. The van der Waals surface area contributed by atoms with Gasteiger partial charge in [0.25, 0.3) is 0 Å². The molecule has 1 amide bonds. The van der Waals surface area contributed by atoms with Crippen molar-refractivity contribution in [2.45, 2.75) is 56.4 Å². The molecule has 5 nitrogen and oxygen atoms in total. The van der Waals surface area contributed by atoms with E-state index in [0.717, 1.165) is 12.8 Å². The number of likely N-dealkylation sites (N-methyl/N-ethyl adjacent to an activating group) is 1. The molecule has 0 saturated heterocycles. The second kappa shape index (κ2) is 7.96. The summed E-state index contributed by atoms with van der Waals surface area (Å²) < 4.78 is 41.2. The van der Waals surface area contributed by atoms with Crippen LogP contribution in [-0.2, 0) is 4.79 Å². The van der Waals surface area contributed by atoms with E-state index < -0.39 is 24.2 Å². The largest absolute Gasteiger partial charge is 0.430 e. The van der Waals surface area contributed by atoms with Crippen LogP contribution in [-0.4, -0.2) is 48.8 Å². The van der Waals surface area contributed by atoms with Crippen molar-refractivity contribution in [2.75, 3.05) is 30.8 Å². The van der Waals surface area contributed by atoms with Crippen LogP contribution < -0.4 is 16.0 Å². The lowest BCUT2D eigenvalue weighted by Crippen LogP contribution is -2.57. The van der Waals surface area contributed by atoms with E-state index in [2.05, 4.69) is 20.9 Å². The molecule has 0 atom stereocenters. The first-order valence-corrected chi connectivity index (χ1v) is 9.50. The molecule has 1 aromatic rings. The molecule has 3 N–H and O–H groups in total. The number of carbonyl (C=O) groups excluding carboxylic acids is 1. The quantitative estimate of drug-likeness (QED) is 0.702. The van der Waals surface area contributed by atoms with Crippen molar-refractivity contribution in [1.29, 1.82) is 0 Å². The number of benzene rings is 1. The maximum absolute atomic E-state index is 13.7. The van der Waals surface area contributed by atoms with Gasteiger partial charge in [0.2, 0.25) is 11.6 Å². The number of hydrogen-bond acceptors (Lipinski definition) is 4. The Balaban J connectivity index is 1.53. The Labute approximate surface area is 157 Å². The number of nitrogens with one attached hydrogen (secondary N) is 3. The zero-order valence-electron chi connectivity index (χ0n) is 15.5. The Morgan fingerprint density at radius 1 is 1.19 bits per heavy atom. The standard InChI is InChI=1S/C19H27F3N4O/c1-26(14-7-3-2-4-8-14)12-11-23-17(27)13-18(19(20,21)22)24-15-9-5-6-10-16(15)25-18/h5-6,9-10,14,24-25H,2-4,7-8,11-13H2,1H3,(H,23,27). The van der Waals surface area contributed by atoms with Crippen molar-refractivity contribution >= 4 is 17.3 Å². The van der Waals surface area contributed by atoms with Crippen molar-refractivity contribution in [3.8, 4) is 0 Å². The Bertz CT molecular complexity index is 634. The van der Waals surface area contributed by atoms with Crippen molar-refractivity contribution in [2.24, 2.45) is 0 Å². The van der Waals surface area contributed by atoms with E-state index in [1.165, 1.54) is 19.3 Å². The average Bonchev–Trinajstić information content (AvgIpc) is 3.01. The highest BCUT2D eigenvalue weighted by Crippen LogP contribution is 2.44. The summed E-state index contributed by atoms with van der Waals surface area (Å²) in [5, 5.41) is 7.57. The Morgan fingerprint density at radius 2 is 1.78 bits per heavy atom. The molecule has 27 heavy (non-hydrogen) atoms. The lowest BCUT2D eigenvalue weighted by atomic mass is 9.94. The van der Waals surface area contributed by atoms with Gasteiger partial charge >= 0.3 is 6.18 Å². The zero-order valence-corrected chi connectivity index (χ0v) is 15.5. The van der Waals surface area contributed by atoms with E-state index in [1.54, 1.807) is 24.3 Å². The minimum absolute atomic E-state index is 0.340. The predicted molar refractivity (Wildman–Crippen MR) is 99.6 cm³/mol. The second-order valence-corrected chi connectivity index (χ2v) is 7.50. The summed E-state index contributed by atoms with van der Waals surface area (Å²) in [7, 11) is 2.01. The first kappa shape index (κ1) is 19.8. The fraction of sp³-hybridized carbons (Fsp3) is 0.632. The first-order chi connectivity index (χ1) is 12.8. The van der Waals surface area contributed by atoms with Gasteiger partial charge < -0.3 is 20.9 Å². The van der Waals surface area contributed by atoms with E-state index in [1.807, 2.05) is 7.05 Å². The molecule has 0 radical (unpaired) electrons. The number of anilines is 2. The summed E-state index contributed by atoms with van der Waals surface area (Å²) in [5.41, 5.74) is -1.78. The van der Waals surface area contributed by atoms with Gasteiger partial charge in [-0.05, 0) is 32.0 Å². The van der Waals surface area contributed by atoms with Crippen LogP contribution in [0.4, 0.5) is 24.5 Å². The predicted octanol–water partition coefficient (Wildman–Crippen LogP) is 3.55. The van der Waals surface area contributed by atoms with E-state index in [-0.39, 0.29) is 0 Å². The van der Waals surface area contributed by atoms with E-state index in [9.17, 15) is 18.0 Å². The Kier molecular flexibility index (Phi) is 5.83. The number of halogens is 3. The molecular formula is C19H27F3N4O. The van der Waals surface area contributed by atoms with Crippen molar-refractivity contribution in [3.63, 3.8) is 0 Å². The zero-order chi connectivity index (χ0) is 19.5. The molecule has 0 aromatic heterocycles. The fourth-order valence-corrected chi connectivity index (χ4v) is 3.90. The summed E-state index contributed by atoms with van der Waals surface area (Å²) in [4.78, 5) is 14.4. The normalized spacial score (nSPS) is 19.3. The van der Waals surface area contributed by atoms with Gasteiger partial charge in [-0.2, -0.15) is 13.2 Å². The fourth-order valence-electron chi connectivity index (χ4n) is 3.90. The highest BCUT2D eigenvalue weighted by atomic mass is 19.4. The number of nitrogens with zero attached hydrogens (tertiary/aromatic N) is 1. The number of rotatable bonds is 6. The minimum atomic E-state index is -4.62. The van der Waals surface area contributed by atoms with Crippen LogP contribution in [0.25, 0.3) is 0 Å². The van der Waals surface area contributed by atoms with E-state index in [0.29, 0.717) is 30.5 Å². The lowest BCUT2D eigenvalue weighted by molar-refractivity contribution is -0.174. The highest BCUT2D eigenvalue weighted by molar-refractivity contribution is 5.83. The van der Waals surface area contributed by atoms with E-state index in [4.69, 9.17) is 0 Å². The molecule has 2 aliphatic rings. The van der Waals surface area contributed by atoms with Gasteiger partial charge in [-0.25, -0.2) is 0 Å². The van der Waals surface area contributed by atoms with Crippen LogP contribution in [0.1, 0.15) is 38.5 Å². The van der Waals surface area contributed by atoms with Crippen LogP contribution in [0, 0.1) is 0 Å². The number of carbonyl (C=O) groups is 1. The smallest absolute Gasteiger partial charge is 0.355 e. The Hall–Kier alpha value is -1.96. The van der Waals surface area contributed by atoms with Crippen molar-refractivity contribution in [1.82, 2.24) is 10.2 Å². The second-order valence-electron chi connectivity index (χ2n) is 7.50. The molecule has 8 heteroatoms. The molecule has 1 aromatic carbocycles. The third-order valence-electron chi connectivity index (χ3n) is 5.52. The van der Waals surface area contributed by atoms with E-state index >= 15 is 0 Å². The molecule has 3 rings (SSSR count). The molecule has 0 spiro atoms. The molecule has 0 bridgehead atoms. The monoisotopic (exact) mass is 384 g/mol. The van der Waals surface area contributed by atoms with Crippen LogP contribution >= 0.6 is 0 Å². The average molecular weight is 384 g/mol. The van der Waals surface area contributed by atoms with Gasteiger partial charge in [0.05, 0.1) is 17.8 Å². The van der Waals surface area contributed by atoms with Gasteiger partial charge in [0, 0.05) is 19.1 Å². The molecule has 1 saturated carbocycles. The molecule has 1 heterocycles. The highest BCUT2D eigenvalue weighted by Gasteiger charge is 2.59. The molecule has 0 unspecified atom stereocenters. The lowest BCUT2D eigenvalue weighted by Gasteiger charge is -2.33. The number of para-hydroxylation sites is 2. The van der Waals surface area contributed by atoms with Crippen molar-refractivity contribution in [3.05, 3.63) is 24.3 Å². The summed E-state index contributed by atoms with van der Waals surface area (Å²) in [6.45, 7) is 0.975. The molecule has 1 fully saturated rings. The molecule has 1 aliphatic heterocycles. The summed E-state index contributed by atoms with van der Waals surface area (Å²) in [5.74, 6) is -0.628. The number of fused-ring (bicyclic) bond motifs is 1. The maximum atomic E-state index is 13.7. The molecule has 150 valence electrons. The van der Waals surface area contributed by atoms with Crippen LogP contribution in [0.2, 0.25) is 0 Å². The summed E-state index contributed by atoms with van der Waals surface area (Å²) >= 11 is 0. The number of hydrogen-bond donors (Lipinski definition) is 3. The van der Waals surface area contributed by atoms with Gasteiger partial charge in [-0.1, -0.05) is 31.4 Å². The van der Waals surface area contributed by atoms with Gasteiger partial charge in [0.1, 0.15) is 0 Å². The van der Waals surface area contributed by atoms with Crippen LogP contribution in [0.15, 0.2) is 24.3 Å². The minimum Gasteiger partial charge on any atom is -0.355 e. The first-order valence-electron chi connectivity index (χ1n) is 9.50. The summed E-state index contributed by atoms with van der Waals surface area (Å²) in [6, 6.07) is 6.94. The number of alkyl halides is 3. The Morgan fingerprint density at radius 3 is 2.33 bits per heavy atom. The third-order valence-corrected chi connectivity index (χ3v) is 5.52. The molecule has 1 aliphatic carbocycles. The molecular weight excluding hydrogens is 357 g/mol. The van der Waals surface area contributed by atoms with Crippen LogP contribution in [0.5, 0.6) is 0 Å². The summed E-state index contributed by atoms with van der Waals surface area (Å²) in [6.07, 6.45) is 0.645. The van der Waals surface area contributed by atoms with Crippen LogP contribution in [0.3, 0.4) is 0 Å². The maximum Gasteiger partial charge on any atom is 0.430 e. The van der Waals surface area contributed by atoms with Gasteiger partial charge in [-0.3, -0.25) is 4.79 Å². The third kappa shape index (κ3) is 4.48. The topological polar surface area (TPSA) is 56.4 Å².